The van der Waals surface area contributed by atoms with Crippen LogP contribution >= 0.6 is 11.3 Å². The summed E-state index contributed by atoms with van der Waals surface area (Å²) in [7, 11) is 0. The summed E-state index contributed by atoms with van der Waals surface area (Å²) in [4.78, 5) is 20.0. The number of hydrogen-bond acceptors (Lipinski definition) is 3. The quantitative estimate of drug-likeness (QED) is 0.851. The van der Waals surface area contributed by atoms with E-state index in [0.29, 0.717) is 0 Å². The van der Waals surface area contributed by atoms with Crippen LogP contribution in [0, 0.1) is 13.8 Å². The molecule has 1 atom stereocenters. The van der Waals surface area contributed by atoms with Gasteiger partial charge in [0.05, 0.1) is 16.7 Å². The molecule has 5 heteroatoms. The Kier molecular flexibility index (Phi) is 3.38. The maximum atomic E-state index is 12.8. The largest absolute Gasteiger partial charge is 0.348 e. The van der Waals surface area contributed by atoms with Crippen molar-refractivity contribution >= 4 is 17.2 Å². The van der Waals surface area contributed by atoms with Crippen molar-refractivity contribution in [2.75, 3.05) is 6.54 Å². The summed E-state index contributed by atoms with van der Waals surface area (Å²) in [6, 6.07) is 4.36. The highest BCUT2D eigenvalue weighted by Gasteiger charge is 2.31. The first-order valence-corrected chi connectivity index (χ1v) is 7.83. The van der Waals surface area contributed by atoms with Gasteiger partial charge >= 0.3 is 0 Å². The van der Waals surface area contributed by atoms with E-state index < -0.39 is 0 Å². The lowest BCUT2D eigenvalue weighted by atomic mass is 10.1. The number of fused-ring (bicyclic) bond motifs is 1. The average Bonchev–Trinajstić information content (AvgIpc) is 3.02. The van der Waals surface area contributed by atoms with Crippen molar-refractivity contribution in [2.24, 2.45) is 0 Å². The predicted molar refractivity (Wildman–Crippen MR) is 80.1 cm³/mol. The molecule has 0 saturated carbocycles. The molecule has 0 spiro atoms. The van der Waals surface area contributed by atoms with Crippen molar-refractivity contribution in [2.45, 2.75) is 39.8 Å². The lowest BCUT2D eigenvalue weighted by Crippen LogP contribution is -2.41. The molecular weight excluding hydrogens is 270 g/mol. The number of thiazole rings is 1. The van der Waals surface area contributed by atoms with E-state index in [0.717, 1.165) is 35.1 Å². The molecule has 3 rings (SSSR count). The summed E-state index contributed by atoms with van der Waals surface area (Å²) in [5.74, 6) is 0.132. The zero-order valence-electron chi connectivity index (χ0n) is 12.1. The average molecular weight is 289 g/mol. The fraction of sp³-hybridized carbons (Fsp3) is 0.467. The van der Waals surface area contributed by atoms with Gasteiger partial charge in [0.25, 0.3) is 5.91 Å². The van der Waals surface area contributed by atoms with Crippen LogP contribution in [0.1, 0.15) is 45.5 Å². The van der Waals surface area contributed by atoms with Crippen molar-refractivity contribution in [1.29, 1.82) is 0 Å². The number of hydrogen-bond donors (Lipinski definition) is 0. The zero-order valence-corrected chi connectivity index (χ0v) is 12.9. The van der Waals surface area contributed by atoms with E-state index in [2.05, 4.69) is 34.8 Å². The highest BCUT2D eigenvalue weighted by Crippen LogP contribution is 2.31. The second-order valence-electron chi connectivity index (χ2n) is 5.20. The SMILES string of the molecule is CC[C@H]1c2cccn2CCN1C(=O)c1sc(C)nc1C. The predicted octanol–water partition coefficient (Wildman–Crippen LogP) is 3.17. The monoisotopic (exact) mass is 289 g/mol. The topological polar surface area (TPSA) is 38.1 Å². The van der Waals surface area contributed by atoms with Crippen molar-refractivity contribution < 1.29 is 4.79 Å². The lowest BCUT2D eigenvalue weighted by Gasteiger charge is -2.36. The molecule has 0 unspecified atom stereocenters. The maximum Gasteiger partial charge on any atom is 0.266 e. The molecule has 0 bridgehead atoms. The Morgan fingerprint density at radius 1 is 1.45 bits per heavy atom. The first-order valence-electron chi connectivity index (χ1n) is 7.02. The Labute approximate surface area is 123 Å². The number of nitrogens with zero attached hydrogens (tertiary/aromatic N) is 3. The van der Waals surface area contributed by atoms with Crippen LogP contribution in [0.2, 0.25) is 0 Å². The van der Waals surface area contributed by atoms with Gasteiger partial charge in [-0.2, -0.15) is 0 Å². The van der Waals surface area contributed by atoms with Crippen LogP contribution in [-0.2, 0) is 6.54 Å². The lowest BCUT2D eigenvalue weighted by molar-refractivity contribution is 0.0622. The molecule has 0 aliphatic carbocycles. The van der Waals surface area contributed by atoms with E-state index in [1.54, 1.807) is 0 Å². The van der Waals surface area contributed by atoms with Gasteiger partial charge in [0.2, 0.25) is 0 Å². The molecule has 2 aromatic rings. The molecule has 0 aromatic carbocycles. The van der Waals surface area contributed by atoms with Crippen LogP contribution in [0.25, 0.3) is 0 Å². The summed E-state index contributed by atoms with van der Waals surface area (Å²) < 4.78 is 2.25. The van der Waals surface area contributed by atoms with Crippen LogP contribution < -0.4 is 0 Å². The number of carbonyl (C=O) groups is 1. The Morgan fingerprint density at radius 3 is 2.90 bits per heavy atom. The van der Waals surface area contributed by atoms with Gasteiger partial charge in [-0.25, -0.2) is 4.98 Å². The maximum absolute atomic E-state index is 12.8. The van der Waals surface area contributed by atoms with Crippen LogP contribution in [0.4, 0.5) is 0 Å². The number of aromatic nitrogens is 2. The fourth-order valence-corrected chi connectivity index (χ4v) is 3.87. The van der Waals surface area contributed by atoms with E-state index in [1.807, 2.05) is 18.7 Å². The molecule has 0 fully saturated rings. The number of amides is 1. The Balaban J connectivity index is 1.94. The van der Waals surface area contributed by atoms with Crippen LogP contribution in [0.3, 0.4) is 0 Å². The van der Waals surface area contributed by atoms with Gasteiger partial charge in [-0.05, 0) is 32.4 Å². The van der Waals surface area contributed by atoms with Crippen molar-refractivity contribution in [3.63, 3.8) is 0 Å². The third-order valence-electron chi connectivity index (χ3n) is 3.91. The molecular formula is C15H19N3OS. The van der Waals surface area contributed by atoms with Crippen LogP contribution in [0.5, 0.6) is 0 Å². The highest BCUT2D eigenvalue weighted by molar-refractivity contribution is 7.13. The highest BCUT2D eigenvalue weighted by atomic mass is 32.1. The molecule has 20 heavy (non-hydrogen) atoms. The minimum absolute atomic E-state index is 0.132. The number of carbonyl (C=O) groups excluding carboxylic acids is 1. The Morgan fingerprint density at radius 2 is 2.25 bits per heavy atom. The second kappa shape index (κ2) is 5.05. The first-order chi connectivity index (χ1) is 9.61. The summed E-state index contributed by atoms with van der Waals surface area (Å²) >= 11 is 1.50. The van der Waals surface area contributed by atoms with Gasteiger partial charge in [0.1, 0.15) is 4.88 Å². The van der Waals surface area contributed by atoms with Crippen molar-refractivity contribution in [1.82, 2.24) is 14.5 Å². The van der Waals surface area contributed by atoms with Gasteiger partial charge in [-0.1, -0.05) is 6.92 Å². The molecule has 0 N–H and O–H groups in total. The zero-order chi connectivity index (χ0) is 14.3. The standard InChI is InChI=1S/C15H19N3OS/c1-4-12-13-6-5-7-17(13)8-9-18(12)15(19)14-10(2)16-11(3)20-14/h5-7,12H,4,8-9H2,1-3H3/t12-/m0/s1. The van der Waals surface area contributed by atoms with Gasteiger partial charge in [0.15, 0.2) is 0 Å². The molecule has 0 saturated heterocycles. The summed E-state index contributed by atoms with van der Waals surface area (Å²) in [5, 5.41) is 0.958. The molecule has 1 amide bonds. The van der Waals surface area contributed by atoms with E-state index in [-0.39, 0.29) is 11.9 Å². The second-order valence-corrected chi connectivity index (χ2v) is 6.40. The molecule has 4 nitrogen and oxygen atoms in total. The fourth-order valence-electron chi connectivity index (χ4n) is 3.00. The normalized spacial score (nSPS) is 18.1. The summed E-state index contributed by atoms with van der Waals surface area (Å²) in [6.45, 7) is 7.66. The summed E-state index contributed by atoms with van der Waals surface area (Å²) in [6.07, 6.45) is 3.04. The molecule has 1 aliphatic heterocycles. The minimum Gasteiger partial charge on any atom is -0.348 e. The van der Waals surface area contributed by atoms with Gasteiger partial charge in [-0.3, -0.25) is 4.79 Å². The minimum atomic E-state index is 0.132. The molecule has 2 aromatic heterocycles. The van der Waals surface area contributed by atoms with Crippen molar-refractivity contribution in [3.05, 3.63) is 39.6 Å². The van der Waals surface area contributed by atoms with Crippen LogP contribution in [0.15, 0.2) is 18.3 Å². The molecule has 1 aliphatic rings. The van der Waals surface area contributed by atoms with Gasteiger partial charge in [-0.15, -0.1) is 11.3 Å². The molecule has 0 radical (unpaired) electrons. The van der Waals surface area contributed by atoms with E-state index in [1.165, 1.54) is 17.0 Å². The van der Waals surface area contributed by atoms with E-state index >= 15 is 0 Å². The van der Waals surface area contributed by atoms with Crippen LogP contribution in [-0.4, -0.2) is 26.9 Å². The summed E-state index contributed by atoms with van der Waals surface area (Å²) in [5.41, 5.74) is 2.10. The Hall–Kier alpha value is -1.62. The number of rotatable bonds is 2. The smallest absolute Gasteiger partial charge is 0.266 e. The number of aryl methyl sites for hydroxylation is 2. The van der Waals surface area contributed by atoms with Crippen molar-refractivity contribution in [3.8, 4) is 0 Å². The van der Waals surface area contributed by atoms with E-state index in [9.17, 15) is 4.79 Å². The molecule has 3 heterocycles. The Bertz CT molecular complexity index is 643. The van der Waals surface area contributed by atoms with E-state index in [4.69, 9.17) is 0 Å². The van der Waals surface area contributed by atoms with Gasteiger partial charge in [0, 0.05) is 25.0 Å². The first kappa shape index (κ1) is 13.4. The third-order valence-corrected chi connectivity index (χ3v) is 4.97. The molecule has 106 valence electrons. The third kappa shape index (κ3) is 2.06. The van der Waals surface area contributed by atoms with Gasteiger partial charge < -0.3 is 9.47 Å².